The van der Waals surface area contributed by atoms with Crippen molar-refractivity contribution in [3.05, 3.63) is 41.1 Å². The van der Waals surface area contributed by atoms with Gasteiger partial charge in [0, 0.05) is 30.3 Å². The number of hydrogen-bond acceptors (Lipinski definition) is 5. The SMILES string of the molecule is O=C(Nc1cc2n(n1)CCOC2)c1ccc2c(c1)OCCNC2. The Balaban J connectivity index is 1.52. The van der Waals surface area contributed by atoms with E-state index in [9.17, 15) is 4.79 Å². The molecule has 120 valence electrons. The van der Waals surface area contributed by atoms with E-state index in [0.29, 0.717) is 37.7 Å². The first-order valence-electron chi connectivity index (χ1n) is 7.72. The average molecular weight is 314 g/mol. The summed E-state index contributed by atoms with van der Waals surface area (Å²) in [6.07, 6.45) is 0. The predicted molar refractivity (Wildman–Crippen MR) is 83.5 cm³/mol. The lowest BCUT2D eigenvalue weighted by atomic mass is 10.1. The Morgan fingerprint density at radius 3 is 3.17 bits per heavy atom. The Kier molecular flexibility index (Phi) is 3.72. The van der Waals surface area contributed by atoms with Crippen molar-refractivity contribution in [2.24, 2.45) is 0 Å². The van der Waals surface area contributed by atoms with Gasteiger partial charge < -0.3 is 20.1 Å². The highest BCUT2D eigenvalue weighted by Gasteiger charge is 2.16. The minimum Gasteiger partial charge on any atom is -0.492 e. The van der Waals surface area contributed by atoms with Gasteiger partial charge in [0.05, 0.1) is 25.5 Å². The smallest absolute Gasteiger partial charge is 0.256 e. The number of nitrogens with zero attached hydrogens (tertiary/aromatic N) is 2. The van der Waals surface area contributed by atoms with E-state index in [1.165, 1.54) is 0 Å². The normalized spacial score (nSPS) is 16.7. The number of rotatable bonds is 2. The number of amides is 1. The van der Waals surface area contributed by atoms with Gasteiger partial charge in [-0.2, -0.15) is 5.10 Å². The maximum absolute atomic E-state index is 12.4. The van der Waals surface area contributed by atoms with E-state index in [2.05, 4.69) is 15.7 Å². The predicted octanol–water partition coefficient (Wildman–Crippen LogP) is 1.15. The number of anilines is 1. The zero-order chi connectivity index (χ0) is 15.6. The molecule has 0 aliphatic carbocycles. The molecule has 0 spiro atoms. The fourth-order valence-electron chi connectivity index (χ4n) is 2.77. The highest BCUT2D eigenvalue weighted by Crippen LogP contribution is 2.23. The number of carbonyl (C=O) groups is 1. The van der Waals surface area contributed by atoms with E-state index in [1.54, 1.807) is 6.07 Å². The van der Waals surface area contributed by atoms with Crippen LogP contribution in [-0.2, 0) is 24.4 Å². The van der Waals surface area contributed by atoms with Crippen molar-refractivity contribution in [1.82, 2.24) is 15.1 Å². The second kappa shape index (κ2) is 6.02. The second-order valence-electron chi connectivity index (χ2n) is 5.60. The Labute approximate surface area is 133 Å². The first-order chi connectivity index (χ1) is 11.3. The van der Waals surface area contributed by atoms with Crippen LogP contribution in [0.2, 0.25) is 0 Å². The zero-order valence-electron chi connectivity index (χ0n) is 12.7. The van der Waals surface area contributed by atoms with Crippen LogP contribution in [0.5, 0.6) is 5.75 Å². The molecule has 0 bridgehead atoms. The quantitative estimate of drug-likeness (QED) is 0.869. The van der Waals surface area contributed by atoms with E-state index in [-0.39, 0.29) is 5.91 Å². The molecule has 2 aromatic rings. The topological polar surface area (TPSA) is 77.4 Å². The van der Waals surface area contributed by atoms with Crippen LogP contribution in [0.25, 0.3) is 0 Å². The van der Waals surface area contributed by atoms with Crippen LogP contribution in [0, 0.1) is 0 Å². The maximum Gasteiger partial charge on any atom is 0.256 e. The molecule has 2 N–H and O–H groups in total. The lowest BCUT2D eigenvalue weighted by Gasteiger charge is -2.12. The molecule has 1 amide bonds. The van der Waals surface area contributed by atoms with Crippen molar-refractivity contribution < 1.29 is 14.3 Å². The molecule has 0 radical (unpaired) electrons. The second-order valence-corrected chi connectivity index (χ2v) is 5.60. The van der Waals surface area contributed by atoms with Gasteiger partial charge in [-0.05, 0) is 12.1 Å². The van der Waals surface area contributed by atoms with Crippen molar-refractivity contribution >= 4 is 11.7 Å². The number of nitrogens with one attached hydrogen (secondary N) is 2. The molecular formula is C16H18N4O3. The fourth-order valence-corrected chi connectivity index (χ4v) is 2.77. The highest BCUT2D eigenvalue weighted by atomic mass is 16.5. The summed E-state index contributed by atoms with van der Waals surface area (Å²) in [5, 5.41) is 10.5. The van der Waals surface area contributed by atoms with Gasteiger partial charge in [-0.3, -0.25) is 9.48 Å². The van der Waals surface area contributed by atoms with Crippen LogP contribution in [0.15, 0.2) is 24.3 Å². The maximum atomic E-state index is 12.4. The van der Waals surface area contributed by atoms with E-state index in [0.717, 1.165) is 30.1 Å². The highest BCUT2D eigenvalue weighted by molar-refractivity contribution is 6.04. The Hall–Kier alpha value is -2.38. The number of carbonyl (C=O) groups excluding carboxylic acids is 1. The molecule has 4 rings (SSSR count). The summed E-state index contributed by atoms with van der Waals surface area (Å²) in [6, 6.07) is 7.37. The van der Waals surface area contributed by atoms with Gasteiger partial charge in [0.25, 0.3) is 5.91 Å². The summed E-state index contributed by atoms with van der Waals surface area (Å²) in [6.45, 7) is 4.06. The van der Waals surface area contributed by atoms with E-state index >= 15 is 0 Å². The molecule has 7 heteroatoms. The third kappa shape index (κ3) is 2.93. The monoisotopic (exact) mass is 314 g/mol. The van der Waals surface area contributed by atoms with Gasteiger partial charge in [-0.15, -0.1) is 0 Å². The number of hydrogen-bond donors (Lipinski definition) is 2. The molecule has 1 aromatic heterocycles. The van der Waals surface area contributed by atoms with E-state index in [1.807, 2.05) is 22.9 Å². The number of benzene rings is 1. The van der Waals surface area contributed by atoms with Gasteiger partial charge in [0.1, 0.15) is 12.4 Å². The van der Waals surface area contributed by atoms with Crippen LogP contribution in [0.1, 0.15) is 21.6 Å². The molecule has 1 aromatic carbocycles. The third-order valence-electron chi connectivity index (χ3n) is 3.98. The van der Waals surface area contributed by atoms with Crippen LogP contribution in [0.4, 0.5) is 5.82 Å². The van der Waals surface area contributed by atoms with Crippen LogP contribution >= 0.6 is 0 Å². The summed E-state index contributed by atoms with van der Waals surface area (Å²) in [7, 11) is 0. The van der Waals surface area contributed by atoms with Gasteiger partial charge in [-0.25, -0.2) is 0 Å². The molecule has 23 heavy (non-hydrogen) atoms. The van der Waals surface area contributed by atoms with Gasteiger partial charge >= 0.3 is 0 Å². The summed E-state index contributed by atoms with van der Waals surface area (Å²) in [5.74, 6) is 1.12. The Bertz CT molecular complexity index is 717. The lowest BCUT2D eigenvalue weighted by Crippen LogP contribution is -2.17. The standard InChI is InChI=1S/C16H18N4O3/c21-16(18-15-8-13-10-22-6-4-20(13)19-15)11-1-2-12-9-17-3-5-23-14(12)7-11/h1-2,7-8,17H,3-6,9-10H2,(H,18,19,21). The zero-order valence-corrected chi connectivity index (χ0v) is 12.7. The molecule has 0 unspecified atom stereocenters. The van der Waals surface area contributed by atoms with Crippen LogP contribution in [-0.4, -0.2) is 35.4 Å². The van der Waals surface area contributed by atoms with Gasteiger partial charge in [0.2, 0.25) is 0 Å². The summed E-state index contributed by atoms with van der Waals surface area (Å²) in [4.78, 5) is 12.4. The van der Waals surface area contributed by atoms with E-state index in [4.69, 9.17) is 9.47 Å². The van der Waals surface area contributed by atoms with Crippen molar-refractivity contribution in [3.8, 4) is 5.75 Å². The van der Waals surface area contributed by atoms with E-state index < -0.39 is 0 Å². The summed E-state index contributed by atoms with van der Waals surface area (Å²) in [5.41, 5.74) is 2.60. The largest absolute Gasteiger partial charge is 0.492 e. The number of fused-ring (bicyclic) bond motifs is 2. The molecule has 0 saturated heterocycles. The van der Waals surface area contributed by atoms with Gasteiger partial charge in [-0.1, -0.05) is 6.07 Å². The van der Waals surface area contributed by atoms with Crippen molar-refractivity contribution in [3.63, 3.8) is 0 Å². The molecular weight excluding hydrogens is 296 g/mol. The third-order valence-corrected chi connectivity index (χ3v) is 3.98. The molecule has 3 heterocycles. The molecule has 2 aliphatic rings. The minimum absolute atomic E-state index is 0.190. The van der Waals surface area contributed by atoms with Gasteiger partial charge in [0.15, 0.2) is 5.82 Å². The Morgan fingerprint density at radius 2 is 2.26 bits per heavy atom. The van der Waals surface area contributed by atoms with Crippen molar-refractivity contribution in [1.29, 1.82) is 0 Å². The molecule has 0 fully saturated rings. The summed E-state index contributed by atoms with van der Waals surface area (Å²) >= 11 is 0. The first kappa shape index (κ1) is 14.2. The molecule has 2 aliphatic heterocycles. The molecule has 0 atom stereocenters. The molecule has 7 nitrogen and oxygen atoms in total. The lowest BCUT2D eigenvalue weighted by molar-refractivity contribution is 0.0801. The number of ether oxygens (including phenoxy) is 2. The van der Waals surface area contributed by atoms with Crippen LogP contribution in [0.3, 0.4) is 0 Å². The van der Waals surface area contributed by atoms with Crippen molar-refractivity contribution in [2.75, 3.05) is 25.1 Å². The first-order valence-corrected chi connectivity index (χ1v) is 7.72. The minimum atomic E-state index is -0.190. The Morgan fingerprint density at radius 1 is 1.30 bits per heavy atom. The van der Waals surface area contributed by atoms with Crippen LogP contribution < -0.4 is 15.4 Å². The summed E-state index contributed by atoms with van der Waals surface area (Å²) < 4.78 is 12.9. The average Bonchev–Trinajstić information content (AvgIpc) is 2.82. The number of aromatic nitrogens is 2. The van der Waals surface area contributed by atoms with Crippen molar-refractivity contribution in [2.45, 2.75) is 19.7 Å². The molecule has 0 saturated carbocycles. The fraction of sp³-hybridized carbons (Fsp3) is 0.375.